The number of unbranched alkanes of at least 4 members (excludes halogenated alkanes) is 76. The standard InChI is InChI=1S/C94H183NO5/c1-3-5-7-9-11-13-15-17-19-21-23-24-25-41-44-47-51-54-58-62-66-70-74-78-82-86-92(97)91(90-96)95-93(98)87-83-79-75-71-67-63-59-55-52-48-45-42-39-37-35-33-31-29-27-26-28-30-32-34-36-38-40-43-46-49-53-57-61-65-69-73-77-81-85-89-100-94(99)88-84-80-76-72-68-64-60-56-50-22-20-18-16-14-12-10-8-6-4-2/h26-27,82,86,91-92,96-97H,3-25,28-81,83-85,87-90H2,1-2H3,(H,95,98)/b27-26-,86-82+. The van der Waals surface area contributed by atoms with Gasteiger partial charge in [-0.1, -0.05) is 494 Å². The van der Waals surface area contributed by atoms with Gasteiger partial charge in [0.2, 0.25) is 5.91 Å². The fourth-order valence-corrected chi connectivity index (χ4v) is 15.2. The highest BCUT2D eigenvalue weighted by molar-refractivity contribution is 5.76. The average molecular weight is 1410 g/mol. The maximum absolute atomic E-state index is 12.6. The van der Waals surface area contributed by atoms with Crippen LogP contribution in [0.25, 0.3) is 0 Å². The zero-order chi connectivity index (χ0) is 71.9. The van der Waals surface area contributed by atoms with Crippen molar-refractivity contribution in [3.05, 3.63) is 24.3 Å². The highest BCUT2D eigenvalue weighted by Crippen LogP contribution is 2.22. The number of nitrogens with one attached hydrogen (secondary N) is 1. The first-order valence-corrected chi connectivity index (χ1v) is 46.6. The van der Waals surface area contributed by atoms with Gasteiger partial charge in [-0.2, -0.15) is 0 Å². The van der Waals surface area contributed by atoms with E-state index >= 15 is 0 Å². The molecule has 6 heteroatoms. The smallest absolute Gasteiger partial charge is 0.305 e. The first-order chi connectivity index (χ1) is 49.5. The molecule has 0 spiro atoms. The van der Waals surface area contributed by atoms with Gasteiger partial charge in [-0.15, -0.1) is 0 Å². The predicted octanol–water partition coefficient (Wildman–Crippen LogP) is 31.5. The van der Waals surface area contributed by atoms with Crippen LogP contribution in [0, 0.1) is 0 Å². The van der Waals surface area contributed by atoms with Crippen LogP contribution < -0.4 is 5.32 Å². The number of esters is 1. The molecular formula is C94H183NO5. The summed E-state index contributed by atoms with van der Waals surface area (Å²) in [6, 6.07) is -0.626. The molecule has 0 radical (unpaired) electrons. The number of carbonyl (C=O) groups is 2. The molecule has 0 aliphatic rings. The first kappa shape index (κ1) is 98.3. The van der Waals surface area contributed by atoms with Crippen LogP contribution in [0.3, 0.4) is 0 Å². The van der Waals surface area contributed by atoms with Crippen LogP contribution in [0.2, 0.25) is 0 Å². The fraction of sp³-hybridized carbons (Fsp3) is 0.936. The summed E-state index contributed by atoms with van der Waals surface area (Å²) in [6.07, 6.45) is 118. The molecule has 0 saturated heterocycles. The van der Waals surface area contributed by atoms with Gasteiger partial charge in [0.05, 0.1) is 25.4 Å². The molecule has 2 atom stereocenters. The van der Waals surface area contributed by atoms with Crippen molar-refractivity contribution in [2.75, 3.05) is 13.2 Å². The molecule has 3 N–H and O–H groups in total. The van der Waals surface area contributed by atoms with E-state index in [1.807, 2.05) is 6.08 Å². The summed E-state index contributed by atoms with van der Waals surface area (Å²) in [7, 11) is 0. The number of ether oxygens (including phenoxy) is 1. The highest BCUT2D eigenvalue weighted by atomic mass is 16.5. The molecular weight excluding hydrogens is 1220 g/mol. The SMILES string of the molecule is CCCCCCCCCCCCCCCCCCCCCCCCC/C=C/C(O)C(CO)NC(=O)CCCCCCCCCCCCCCCCCCC/C=C\CCCCCCCCCCCCCCCCCCCCOC(=O)CCCCCCCCCCCCCCCCCCCCC. The lowest BCUT2D eigenvalue weighted by Crippen LogP contribution is -2.45. The Morgan fingerprint density at radius 2 is 0.470 bits per heavy atom. The Morgan fingerprint density at radius 3 is 0.710 bits per heavy atom. The molecule has 100 heavy (non-hydrogen) atoms. The second-order valence-corrected chi connectivity index (χ2v) is 32.3. The van der Waals surface area contributed by atoms with Crippen LogP contribution in [0.4, 0.5) is 0 Å². The molecule has 2 unspecified atom stereocenters. The first-order valence-electron chi connectivity index (χ1n) is 46.6. The topological polar surface area (TPSA) is 95.9 Å². The van der Waals surface area contributed by atoms with Crippen molar-refractivity contribution in [2.45, 2.75) is 553 Å². The number of hydrogen-bond donors (Lipinski definition) is 3. The monoisotopic (exact) mass is 1410 g/mol. The molecule has 0 aromatic carbocycles. The molecule has 0 aromatic heterocycles. The second kappa shape index (κ2) is 89.7. The number of aliphatic hydroxyl groups excluding tert-OH is 2. The Kier molecular flexibility index (Phi) is 88.2. The van der Waals surface area contributed by atoms with Gasteiger partial charge in [0, 0.05) is 12.8 Å². The Labute approximate surface area is 628 Å². The molecule has 1 amide bonds. The predicted molar refractivity (Wildman–Crippen MR) is 444 cm³/mol. The third-order valence-electron chi connectivity index (χ3n) is 22.2. The molecule has 0 bridgehead atoms. The van der Waals surface area contributed by atoms with Crippen LogP contribution in [-0.2, 0) is 14.3 Å². The lowest BCUT2D eigenvalue weighted by Gasteiger charge is -2.20. The fourth-order valence-electron chi connectivity index (χ4n) is 15.2. The minimum absolute atomic E-state index is 0.0286. The summed E-state index contributed by atoms with van der Waals surface area (Å²) < 4.78 is 5.53. The van der Waals surface area contributed by atoms with Crippen molar-refractivity contribution in [3.8, 4) is 0 Å². The maximum Gasteiger partial charge on any atom is 0.305 e. The summed E-state index contributed by atoms with van der Waals surface area (Å²) >= 11 is 0. The van der Waals surface area contributed by atoms with Crippen LogP contribution in [0.5, 0.6) is 0 Å². The van der Waals surface area contributed by atoms with Gasteiger partial charge in [0.25, 0.3) is 0 Å². The molecule has 0 rings (SSSR count). The molecule has 0 aliphatic carbocycles. The quantitative estimate of drug-likeness (QED) is 0.0320. The van der Waals surface area contributed by atoms with Crippen LogP contribution >= 0.6 is 0 Å². The zero-order valence-electron chi connectivity index (χ0n) is 68.5. The lowest BCUT2D eigenvalue weighted by molar-refractivity contribution is -0.143. The molecule has 594 valence electrons. The molecule has 6 nitrogen and oxygen atoms in total. The van der Waals surface area contributed by atoms with E-state index in [-0.39, 0.29) is 18.5 Å². The van der Waals surface area contributed by atoms with E-state index < -0.39 is 12.1 Å². The van der Waals surface area contributed by atoms with Crippen LogP contribution in [0.15, 0.2) is 24.3 Å². The average Bonchev–Trinajstić information content (AvgIpc) is 1.25. The summed E-state index contributed by atoms with van der Waals surface area (Å²) in [4.78, 5) is 24.7. The van der Waals surface area contributed by atoms with Gasteiger partial charge >= 0.3 is 5.97 Å². The van der Waals surface area contributed by atoms with Gasteiger partial charge in [0.1, 0.15) is 0 Å². The van der Waals surface area contributed by atoms with Crippen molar-refractivity contribution in [1.29, 1.82) is 0 Å². The number of carbonyl (C=O) groups excluding carboxylic acids is 2. The minimum atomic E-state index is -0.843. The van der Waals surface area contributed by atoms with E-state index in [1.54, 1.807) is 6.08 Å². The lowest BCUT2D eigenvalue weighted by atomic mass is 10.0. The van der Waals surface area contributed by atoms with Gasteiger partial charge in [-0.3, -0.25) is 9.59 Å². The number of rotatable bonds is 89. The van der Waals surface area contributed by atoms with Gasteiger partial charge in [-0.05, 0) is 57.8 Å². The van der Waals surface area contributed by atoms with Crippen LogP contribution in [0.1, 0.15) is 540 Å². The maximum atomic E-state index is 12.6. The zero-order valence-corrected chi connectivity index (χ0v) is 68.5. The normalized spacial score (nSPS) is 12.5. The van der Waals surface area contributed by atoms with E-state index in [2.05, 4.69) is 31.3 Å². The number of hydrogen-bond acceptors (Lipinski definition) is 5. The molecule has 0 aromatic rings. The van der Waals surface area contributed by atoms with E-state index in [1.165, 1.54) is 475 Å². The third kappa shape index (κ3) is 85.3. The summed E-state index contributed by atoms with van der Waals surface area (Å²) in [5, 5.41) is 23.4. The Morgan fingerprint density at radius 1 is 0.270 bits per heavy atom. The minimum Gasteiger partial charge on any atom is -0.466 e. The molecule has 0 aliphatic heterocycles. The Bertz CT molecular complexity index is 1580. The van der Waals surface area contributed by atoms with Gasteiger partial charge in [-0.25, -0.2) is 0 Å². The van der Waals surface area contributed by atoms with Crippen molar-refractivity contribution in [2.24, 2.45) is 0 Å². The Hall–Kier alpha value is -1.66. The largest absolute Gasteiger partial charge is 0.466 e. The third-order valence-corrected chi connectivity index (χ3v) is 22.2. The summed E-state index contributed by atoms with van der Waals surface area (Å²) in [5.41, 5.74) is 0. The van der Waals surface area contributed by atoms with E-state index in [9.17, 15) is 19.8 Å². The van der Waals surface area contributed by atoms with E-state index in [0.29, 0.717) is 19.4 Å². The van der Waals surface area contributed by atoms with Crippen molar-refractivity contribution < 1.29 is 24.5 Å². The van der Waals surface area contributed by atoms with Crippen molar-refractivity contribution in [3.63, 3.8) is 0 Å². The summed E-state index contributed by atoms with van der Waals surface area (Å²) in [5.74, 6) is -0.0288. The van der Waals surface area contributed by atoms with Gasteiger partial charge < -0.3 is 20.3 Å². The van der Waals surface area contributed by atoms with Crippen molar-refractivity contribution >= 4 is 11.9 Å². The molecule has 0 heterocycles. The van der Waals surface area contributed by atoms with Crippen molar-refractivity contribution in [1.82, 2.24) is 5.32 Å². The Balaban J connectivity index is 3.33. The highest BCUT2D eigenvalue weighted by Gasteiger charge is 2.18. The molecule has 0 saturated carbocycles. The van der Waals surface area contributed by atoms with Gasteiger partial charge in [0.15, 0.2) is 0 Å². The van der Waals surface area contributed by atoms with Crippen LogP contribution in [-0.4, -0.2) is 47.4 Å². The number of aliphatic hydroxyl groups is 2. The number of allylic oxidation sites excluding steroid dienone is 3. The summed E-state index contributed by atoms with van der Waals surface area (Å²) in [6.45, 7) is 4.98. The van der Waals surface area contributed by atoms with E-state index in [4.69, 9.17) is 4.74 Å². The number of amides is 1. The molecule has 0 fully saturated rings. The van der Waals surface area contributed by atoms with E-state index in [0.717, 1.165) is 38.5 Å². The second-order valence-electron chi connectivity index (χ2n) is 32.3.